The molecule has 2 aromatic carbocycles. The second-order valence-corrected chi connectivity index (χ2v) is 6.17. The lowest BCUT2D eigenvalue weighted by Crippen LogP contribution is -2.51. The van der Waals surface area contributed by atoms with Crippen LogP contribution in [-0.4, -0.2) is 0 Å². The van der Waals surface area contributed by atoms with Crippen LogP contribution in [0.1, 0.15) is 25.0 Å². The Morgan fingerprint density at radius 3 is 2.45 bits per heavy atom. The summed E-state index contributed by atoms with van der Waals surface area (Å²) in [4.78, 5) is 0. The Bertz CT molecular complexity index is 844. The first-order chi connectivity index (χ1) is 9.60. The molecule has 1 aliphatic rings. The zero-order valence-corrected chi connectivity index (χ0v) is 12.1. The van der Waals surface area contributed by atoms with Gasteiger partial charge in [-0.05, 0) is 25.1 Å². The molecule has 0 radical (unpaired) electrons. The van der Waals surface area contributed by atoms with E-state index in [1.165, 1.54) is 33.3 Å². The zero-order chi connectivity index (χ0) is 13.9. The first kappa shape index (κ1) is 11.7. The molecule has 0 N–H and O–H groups in total. The van der Waals surface area contributed by atoms with Crippen LogP contribution >= 0.6 is 0 Å². The lowest BCUT2D eigenvalue weighted by Gasteiger charge is -2.16. The highest BCUT2D eigenvalue weighted by Gasteiger charge is 2.45. The normalized spacial score (nSPS) is 15.2. The number of benzene rings is 2. The number of para-hydroxylation sites is 1. The Balaban J connectivity index is 2.25. The molecule has 0 spiro atoms. The van der Waals surface area contributed by atoms with Gasteiger partial charge >= 0.3 is 0 Å². The standard InChI is InChI=1S/C19H18N/c1-13-12-14-8-4-7-11-17(14)20-18(13)15-9-5-6-10-16(15)19(20,2)3/h4-12H,1-3H3/q+1. The maximum Gasteiger partial charge on any atom is 0.217 e. The molecule has 3 aromatic rings. The average molecular weight is 260 g/mol. The number of fused-ring (bicyclic) bond motifs is 5. The first-order valence-electron chi connectivity index (χ1n) is 7.15. The predicted octanol–water partition coefficient (Wildman–Crippen LogP) is 4.20. The summed E-state index contributed by atoms with van der Waals surface area (Å²) in [6.07, 6.45) is 0. The lowest BCUT2D eigenvalue weighted by atomic mass is 9.93. The predicted molar refractivity (Wildman–Crippen MR) is 82.7 cm³/mol. The molecule has 4 rings (SSSR count). The van der Waals surface area contributed by atoms with Gasteiger partial charge in [-0.15, -0.1) is 0 Å². The van der Waals surface area contributed by atoms with Crippen molar-refractivity contribution in [3.05, 3.63) is 65.7 Å². The SMILES string of the molecule is Cc1cc2ccccc2[n+]2c1-c1ccccc1C2(C)C. The largest absolute Gasteiger partial charge is 0.217 e. The van der Waals surface area contributed by atoms with Crippen LogP contribution in [0.4, 0.5) is 0 Å². The third-order valence-corrected chi connectivity index (χ3v) is 4.55. The van der Waals surface area contributed by atoms with Crippen molar-refractivity contribution >= 4 is 10.9 Å². The highest BCUT2D eigenvalue weighted by Crippen LogP contribution is 2.40. The quantitative estimate of drug-likeness (QED) is 0.533. The summed E-state index contributed by atoms with van der Waals surface area (Å²) in [5.41, 5.74) is 6.82. The summed E-state index contributed by atoms with van der Waals surface area (Å²) in [6.45, 7) is 6.85. The van der Waals surface area contributed by atoms with Gasteiger partial charge in [0, 0.05) is 36.4 Å². The minimum Gasteiger partial charge on any atom is -0.182 e. The minimum absolute atomic E-state index is 0.00243. The van der Waals surface area contributed by atoms with E-state index in [2.05, 4.69) is 79.9 Å². The van der Waals surface area contributed by atoms with Crippen LogP contribution < -0.4 is 4.57 Å². The third kappa shape index (κ3) is 1.30. The highest BCUT2D eigenvalue weighted by molar-refractivity contribution is 5.81. The molecule has 1 nitrogen and oxygen atoms in total. The van der Waals surface area contributed by atoms with E-state index >= 15 is 0 Å². The van der Waals surface area contributed by atoms with Crippen molar-refractivity contribution in [1.82, 2.24) is 0 Å². The van der Waals surface area contributed by atoms with Crippen LogP contribution in [0.15, 0.2) is 54.6 Å². The molecule has 0 amide bonds. The smallest absolute Gasteiger partial charge is 0.182 e. The second-order valence-electron chi connectivity index (χ2n) is 6.17. The molecule has 0 aliphatic carbocycles. The Kier molecular flexibility index (Phi) is 2.15. The van der Waals surface area contributed by atoms with E-state index in [-0.39, 0.29) is 5.54 Å². The van der Waals surface area contributed by atoms with Crippen LogP contribution in [0, 0.1) is 6.92 Å². The average Bonchev–Trinajstić information content (AvgIpc) is 2.69. The van der Waals surface area contributed by atoms with Crippen LogP contribution in [0.5, 0.6) is 0 Å². The van der Waals surface area contributed by atoms with Crippen molar-refractivity contribution in [2.75, 3.05) is 0 Å². The molecular formula is C19H18N+. The number of hydrogen-bond acceptors (Lipinski definition) is 0. The maximum absolute atomic E-state index is 2.50. The Labute approximate surface area is 119 Å². The van der Waals surface area contributed by atoms with Crippen LogP contribution in [-0.2, 0) is 5.54 Å². The Morgan fingerprint density at radius 1 is 0.900 bits per heavy atom. The van der Waals surface area contributed by atoms with Crippen LogP contribution in [0.25, 0.3) is 22.2 Å². The van der Waals surface area contributed by atoms with Gasteiger partial charge in [-0.3, -0.25) is 0 Å². The molecule has 0 bridgehead atoms. The molecule has 1 aliphatic heterocycles. The first-order valence-corrected chi connectivity index (χ1v) is 7.15. The number of aromatic nitrogens is 1. The molecular weight excluding hydrogens is 242 g/mol. The molecule has 2 heterocycles. The van der Waals surface area contributed by atoms with E-state index in [0.717, 1.165) is 0 Å². The van der Waals surface area contributed by atoms with E-state index in [0.29, 0.717) is 0 Å². The van der Waals surface area contributed by atoms with Gasteiger partial charge in [0.2, 0.25) is 11.2 Å². The molecule has 98 valence electrons. The molecule has 1 aromatic heterocycles. The van der Waals surface area contributed by atoms with E-state index < -0.39 is 0 Å². The molecule has 0 atom stereocenters. The van der Waals surface area contributed by atoms with Crippen molar-refractivity contribution in [1.29, 1.82) is 0 Å². The number of nitrogens with zero attached hydrogens (tertiary/aromatic N) is 1. The van der Waals surface area contributed by atoms with Crippen LogP contribution in [0.3, 0.4) is 0 Å². The topological polar surface area (TPSA) is 3.88 Å². The van der Waals surface area contributed by atoms with Gasteiger partial charge in [-0.25, -0.2) is 0 Å². The minimum atomic E-state index is -0.00243. The maximum atomic E-state index is 2.50. The van der Waals surface area contributed by atoms with Crippen molar-refractivity contribution < 1.29 is 4.57 Å². The number of aryl methyl sites for hydroxylation is 1. The van der Waals surface area contributed by atoms with E-state index in [1.54, 1.807) is 0 Å². The van der Waals surface area contributed by atoms with Gasteiger partial charge in [-0.1, -0.05) is 30.3 Å². The van der Waals surface area contributed by atoms with Crippen molar-refractivity contribution in [3.8, 4) is 11.3 Å². The van der Waals surface area contributed by atoms with Gasteiger partial charge in [0.05, 0.1) is 5.56 Å². The third-order valence-electron chi connectivity index (χ3n) is 4.55. The van der Waals surface area contributed by atoms with Gasteiger partial charge in [-0.2, -0.15) is 4.57 Å². The van der Waals surface area contributed by atoms with Gasteiger partial charge in [0.25, 0.3) is 0 Å². The molecule has 0 unspecified atom stereocenters. The Morgan fingerprint density at radius 2 is 1.60 bits per heavy atom. The fourth-order valence-electron chi connectivity index (χ4n) is 3.67. The second kappa shape index (κ2) is 3.69. The van der Waals surface area contributed by atoms with Crippen LogP contribution in [0.2, 0.25) is 0 Å². The molecule has 20 heavy (non-hydrogen) atoms. The number of pyridine rings is 1. The number of rotatable bonds is 0. The summed E-state index contributed by atoms with van der Waals surface area (Å²) < 4.78 is 2.50. The fraction of sp³-hybridized carbons (Fsp3) is 0.211. The number of hydrogen-bond donors (Lipinski definition) is 0. The van der Waals surface area contributed by atoms with Gasteiger partial charge in [0.15, 0.2) is 5.54 Å². The van der Waals surface area contributed by atoms with E-state index in [1.807, 2.05) is 0 Å². The molecule has 0 saturated carbocycles. The molecule has 0 fully saturated rings. The van der Waals surface area contributed by atoms with Crippen molar-refractivity contribution in [3.63, 3.8) is 0 Å². The summed E-state index contributed by atoms with van der Waals surface area (Å²) in [5.74, 6) is 0. The van der Waals surface area contributed by atoms with E-state index in [4.69, 9.17) is 0 Å². The zero-order valence-electron chi connectivity index (χ0n) is 12.1. The van der Waals surface area contributed by atoms with E-state index in [9.17, 15) is 0 Å². The Hall–Kier alpha value is -2.15. The summed E-state index contributed by atoms with van der Waals surface area (Å²) in [6, 6.07) is 19.8. The fourth-order valence-corrected chi connectivity index (χ4v) is 3.67. The summed E-state index contributed by atoms with van der Waals surface area (Å²) in [5, 5.41) is 1.31. The molecule has 1 heteroatoms. The molecule has 0 saturated heterocycles. The van der Waals surface area contributed by atoms with Gasteiger partial charge < -0.3 is 0 Å². The highest BCUT2D eigenvalue weighted by atomic mass is 15.1. The van der Waals surface area contributed by atoms with Gasteiger partial charge in [0.1, 0.15) is 0 Å². The van der Waals surface area contributed by atoms with Crippen molar-refractivity contribution in [2.24, 2.45) is 0 Å². The van der Waals surface area contributed by atoms with Crippen molar-refractivity contribution in [2.45, 2.75) is 26.3 Å². The lowest BCUT2D eigenvalue weighted by molar-refractivity contribution is -0.707. The monoisotopic (exact) mass is 260 g/mol. The summed E-state index contributed by atoms with van der Waals surface area (Å²) in [7, 11) is 0. The summed E-state index contributed by atoms with van der Waals surface area (Å²) >= 11 is 0.